The minimum atomic E-state index is 0.505. The van der Waals surface area contributed by atoms with Gasteiger partial charge in [0.2, 0.25) is 0 Å². The second kappa shape index (κ2) is 9.24. The molecule has 0 spiro atoms. The van der Waals surface area contributed by atoms with Crippen LogP contribution in [0, 0.1) is 22.7 Å². The van der Waals surface area contributed by atoms with Crippen LogP contribution in [0.3, 0.4) is 0 Å². The van der Waals surface area contributed by atoms with Gasteiger partial charge in [-0.3, -0.25) is 0 Å². The monoisotopic (exact) mass is 536 g/mol. The molecule has 0 aliphatic heterocycles. The van der Waals surface area contributed by atoms with Gasteiger partial charge in [-0.2, -0.15) is 10.5 Å². The molecule has 8 rings (SSSR count). The minimum Gasteiger partial charge on any atom is -0.456 e. The molecule has 0 aliphatic carbocycles. The molecule has 42 heavy (non-hydrogen) atoms. The van der Waals surface area contributed by atoms with E-state index in [1.54, 1.807) is 6.07 Å². The standard InChI is InChI=1S/C38H20N2O2/c39-21-23-8-1-2-10-28(23)25-18-26(29-12-6-16-34-36(29)31-11-3-4-15-33(31)41-34)20-27(19-25)30-13-7-17-35-37(30)32-14-5-9-24(22-40)38(32)42-35/h1-20H. The minimum absolute atomic E-state index is 0.505. The van der Waals surface area contributed by atoms with Crippen LogP contribution in [0.15, 0.2) is 130 Å². The van der Waals surface area contributed by atoms with E-state index < -0.39 is 0 Å². The zero-order valence-electron chi connectivity index (χ0n) is 22.3. The molecule has 0 atom stereocenters. The third-order valence-corrected chi connectivity index (χ3v) is 7.96. The number of benzene rings is 6. The largest absolute Gasteiger partial charge is 0.456 e. The van der Waals surface area contributed by atoms with E-state index in [4.69, 9.17) is 8.83 Å². The number of hydrogen-bond donors (Lipinski definition) is 0. The summed E-state index contributed by atoms with van der Waals surface area (Å²) in [7, 11) is 0. The fourth-order valence-electron chi connectivity index (χ4n) is 6.12. The van der Waals surface area contributed by atoms with Crippen LogP contribution in [0.25, 0.3) is 77.3 Å². The van der Waals surface area contributed by atoms with Crippen LogP contribution in [0.5, 0.6) is 0 Å². The molecule has 0 bridgehead atoms. The van der Waals surface area contributed by atoms with Crippen molar-refractivity contribution in [3.05, 3.63) is 132 Å². The Hall–Kier alpha value is -6.10. The normalized spacial score (nSPS) is 11.3. The molecule has 0 aliphatic rings. The molecule has 4 heteroatoms. The van der Waals surface area contributed by atoms with Gasteiger partial charge in [-0.05, 0) is 81.9 Å². The Morgan fingerprint density at radius 2 is 0.929 bits per heavy atom. The topological polar surface area (TPSA) is 73.9 Å². The van der Waals surface area contributed by atoms with Gasteiger partial charge in [-0.15, -0.1) is 0 Å². The SMILES string of the molecule is N#Cc1ccccc1-c1cc(-c2cccc3oc4ccccc4c23)cc(-c2cccc3oc4c(C#N)cccc4c23)c1. The number of para-hydroxylation sites is 2. The van der Waals surface area contributed by atoms with Crippen molar-refractivity contribution in [3.63, 3.8) is 0 Å². The van der Waals surface area contributed by atoms with E-state index in [9.17, 15) is 10.5 Å². The van der Waals surface area contributed by atoms with Gasteiger partial charge >= 0.3 is 0 Å². The van der Waals surface area contributed by atoms with Gasteiger partial charge in [-0.1, -0.05) is 72.8 Å². The fourth-order valence-corrected chi connectivity index (χ4v) is 6.12. The van der Waals surface area contributed by atoms with E-state index in [0.29, 0.717) is 16.7 Å². The molecule has 194 valence electrons. The number of rotatable bonds is 3. The number of fused-ring (bicyclic) bond motifs is 6. The van der Waals surface area contributed by atoms with Gasteiger partial charge in [0.05, 0.1) is 17.2 Å². The van der Waals surface area contributed by atoms with E-state index in [2.05, 4.69) is 48.5 Å². The molecule has 0 N–H and O–H groups in total. The molecule has 0 unspecified atom stereocenters. The molecule has 4 nitrogen and oxygen atoms in total. The smallest absolute Gasteiger partial charge is 0.153 e. The van der Waals surface area contributed by atoms with Crippen LogP contribution in [-0.2, 0) is 0 Å². The first-order valence-corrected chi connectivity index (χ1v) is 13.6. The predicted molar refractivity (Wildman–Crippen MR) is 167 cm³/mol. The molecule has 0 amide bonds. The van der Waals surface area contributed by atoms with Crippen LogP contribution in [0.2, 0.25) is 0 Å². The molecular formula is C38H20N2O2. The maximum absolute atomic E-state index is 9.96. The van der Waals surface area contributed by atoms with Gasteiger partial charge in [-0.25, -0.2) is 0 Å². The number of nitrogens with zero attached hydrogens (tertiary/aromatic N) is 2. The van der Waals surface area contributed by atoms with Crippen molar-refractivity contribution in [2.75, 3.05) is 0 Å². The summed E-state index contributed by atoms with van der Waals surface area (Å²) in [4.78, 5) is 0. The maximum atomic E-state index is 9.96. The summed E-state index contributed by atoms with van der Waals surface area (Å²) in [5.74, 6) is 0. The Kier molecular flexibility index (Phi) is 5.22. The highest BCUT2D eigenvalue weighted by atomic mass is 16.3. The summed E-state index contributed by atoms with van der Waals surface area (Å²) in [6.07, 6.45) is 0. The molecule has 0 radical (unpaired) electrons. The lowest BCUT2D eigenvalue weighted by molar-refractivity contribution is 0.667. The zero-order valence-corrected chi connectivity index (χ0v) is 22.3. The molecule has 0 saturated heterocycles. The van der Waals surface area contributed by atoms with Crippen LogP contribution in [0.1, 0.15) is 11.1 Å². The summed E-state index contributed by atoms with van der Waals surface area (Å²) >= 11 is 0. The average Bonchev–Trinajstić information content (AvgIpc) is 3.63. The molecule has 0 fully saturated rings. The van der Waals surface area contributed by atoms with Gasteiger partial charge in [0.15, 0.2) is 5.58 Å². The first kappa shape index (κ1) is 23.8. The summed E-state index contributed by atoms with van der Waals surface area (Å²) < 4.78 is 12.4. The summed E-state index contributed by atoms with van der Waals surface area (Å²) in [6.45, 7) is 0. The molecule has 0 saturated carbocycles. The van der Waals surface area contributed by atoms with E-state index in [-0.39, 0.29) is 0 Å². The molecule has 2 heterocycles. The third-order valence-electron chi connectivity index (χ3n) is 7.96. The fraction of sp³-hybridized carbons (Fsp3) is 0. The third kappa shape index (κ3) is 3.53. The summed E-state index contributed by atoms with van der Waals surface area (Å²) in [5, 5.41) is 23.6. The van der Waals surface area contributed by atoms with Crippen LogP contribution in [0.4, 0.5) is 0 Å². The maximum Gasteiger partial charge on any atom is 0.153 e. The van der Waals surface area contributed by atoms with Crippen LogP contribution < -0.4 is 0 Å². The van der Waals surface area contributed by atoms with Gasteiger partial charge in [0.25, 0.3) is 0 Å². The van der Waals surface area contributed by atoms with Crippen molar-refractivity contribution < 1.29 is 8.83 Å². The lowest BCUT2D eigenvalue weighted by Crippen LogP contribution is -1.89. The Bertz CT molecular complexity index is 2450. The Balaban J connectivity index is 1.47. The van der Waals surface area contributed by atoms with Gasteiger partial charge in [0.1, 0.15) is 22.8 Å². The van der Waals surface area contributed by atoms with E-state index in [1.165, 1.54) is 0 Å². The molecule has 8 aromatic rings. The van der Waals surface area contributed by atoms with E-state index >= 15 is 0 Å². The van der Waals surface area contributed by atoms with Crippen LogP contribution >= 0.6 is 0 Å². The summed E-state index contributed by atoms with van der Waals surface area (Å²) in [6, 6.07) is 44.7. The lowest BCUT2D eigenvalue weighted by atomic mass is 9.89. The van der Waals surface area contributed by atoms with Crippen molar-refractivity contribution in [3.8, 4) is 45.5 Å². The van der Waals surface area contributed by atoms with Crippen molar-refractivity contribution >= 4 is 43.9 Å². The zero-order chi connectivity index (χ0) is 28.2. The first-order valence-electron chi connectivity index (χ1n) is 13.6. The Morgan fingerprint density at radius 1 is 0.429 bits per heavy atom. The van der Waals surface area contributed by atoms with Gasteiger partial charge < -0.3 is 8.83 Å². The molecule has 2 aromatic heterocycles. The quantitative estimate of drug-likeness (QED) is 0.225. The molecular weight excluding hydrogens is 516 g/mol. The number of hydrogen-bond acceptors (Lipinski definition) is 4. The summed E-state index contributed by atoms with van der Waals surface area (Å²) in [5.41, 5.74) is 9.92. The van der Waals surface area contributed by atoms with Gasteiger partial charge in [0, 0.05) is 21.5 Å². The Labute approximate surface area is 240 Å². The molecule has 6 aromatic carbocycles. The highest BCUT2D eigenvalue weighted by Gasteiger charge is 2.18. The van der Waals surface area contributed by atoms with Crippen molar-refractivity contribution in [2.24, 2.45) is 0 Å². The number of nitriles is 2. The average molecular weight is 537 g/mol. The van der Waals surface area contributed by atoms with E-state index in [0.717, 1.165) is 71.7 Å². The second-order valence-electron chi connectivity index (χ2n) is 10.3. The predicted octanol–water partition coefficient (Wildman–Crippen LogP) is 10.2. The van der Waals surface area contributed by atoms with Crippen LogP contribution in [-0.4, -0.2) is 0 Å². The number of furan rings is 2. The van der Waals surface area contributed by atoms with Crippen molar-refractivity contribution in [1.82, 2.24) is 0 Å². The van der Waals surface area contributed by atoms with Crippen molar-refractivity contribution in [1.29, 1.82) is 10.5 Å². The van der Waals surface area contributed by atoms with Crippen molar-refractivity contribution in [2.45, 2.75) is 0 Å². The lowest BCUT2D eigenvalue weighted by Gasteiger charge is -2.13. The van der Waals surface area contributed by atoms with E-state index in [1.807, 2.05) is 78.9 Å². The highest BCUT2D eigenvalue weighted by molar-refractivity contribution is 6.15. The highest BCUT2D eigenvalue weighted by Crippen LogP contribution is 2.43. The first-order chi connectivity index (χ1) is 20.7. The second-order valence-corrected chi connectivity index (χ2v) is 10.3. The Morgan fingerprint density at radius 3 is 1.67 bits per heavy atom.